The van der Waals surface area contributed by atoms with Gasteiger partial charge < -0.3 is 4.90 Å². The van der Waals surface area contributed by atoms with Crippen LogP contribution < -0.4 is 0 Å². The first kappa shape index (κ1) is 8.06. The van der Waals surface area contributed by atoms with Crippen LogP contribution in [0.3, 0.4) is 0 Å². The molecule has 0 aromatic carbocycles. The maximum atomic E-state index is 2.20. The predicted molar refractivity (Wildman–Crippen MR) is 43.6 cm³/mol. The minimum absolute atomic E-state index is 1.14. The molecule has 1 saturated carbocycles. The fraction of sp³-hybridized carbons (Fsp3) is 0.444. The van der Waals surface area contributed by atoms with Gasteiger partial charge in [0.15, 0.2) is 0 Å². The summed E-state index contributed by atoms with van der Waals surface area (Å²) in [4.78, 5) is 2.20. The molecule has 0 amide bonds. The molecule has 0 heterocycles. The van der Waals surface area contributed by atoms with Crippen LogP contribution in [0.1, 0.15) is 6.42 Å². The largest absolute Gasteiger partial charge is 0.309 e. The zero-order valence-corrected chi connectivity index (χ0v) is 6.67. The van der Waals surface area contributed by atoms with Crippen LogP contribution in [0.5, 0.6) is 0 Å². The van der Waals surface area contributed by atoms with Gasteiger partial charge in [-0.3, -0.25) is 0 Å². The van der Waals surface area contributed by atoms with E-state index in [1.54, 1.807) is 0 Å². The molecule has 0 N–H and O–H groups in total. The van der Waals surface area contributed by atoms with Crippen LogP contribution >= 0.6 is 0 Å². The van der Waals surface area contributed by atoms with Crippen molar-refractivity contribution in [3.8, 4) is 0 Å². The third kappa shape index (κ3) is 2.70. The molecular formula is C9H14N. The van der Waals surface area contributed by atoms with Crippen LogP contribution in [0.25, 0.3) is 0 Å². The Morgan fingerprint density at radius 3 is 2.30 bits per heavy atom. The van der Waals surface area contributed by atoms with Crippen molar-refractivity contribution in [3.63, 3.8) is 0 Å². The highest BCUT2D eigenvalue weighted by Gasteiger charge is 2.15. The zero-order chi connectivity index (χ0) is 7.40. The van der Waals surface area contributed by atoms with Gasteiger partial charge in [0, 0.05) is 0 Å². The first-order valence-electron chi connectivity index (χ1n) is 3.64. The fourth-order valence-corrected chi connectivity index (χ4v) is 0.933. The lowest BCUT2D eigenvalue weighted by Crippen LogP contribution is -2.15. The Hall–Kier alpha value is -0.0400. The van der Waals surface area contributed by atoms with Crippen LogP contribution in [-0.2, 0) is 0 Å². The topological polar surface area (TPSA) is 3.24 Å². The molecule has 0 atom stereocenters. The van der Waals surface area contributed by atoms with Gasteiger partial charge in [0.1, 0.15) is 0 Å². The summed E-state index contributed by atoms with van der Waals surface area (Å²) < 4.78 is 0. The van der Waals surface area contributed by atoms with E-state index in [1.807, 2.05) is 0 Å². The Morgan fingerprint density at radius 1 is 1.20 bits per heavy atom. The molecule has 0 aromatic heterocycles. The average Bonchev–Trinajstić information content (AvgIpc) is 2.34. The fourth-order valence-electron chi connectivity index (χ4n) is 0.933. The zero-order valence-electron chi connectivity index (χ0n) is 6.67. The molecule has 0 aliphatic heterocycles. The van der Waals surface area contributed by atoms with E-state index in [4.69, 9.17) is 0 Å². The second-order valence-electron chi connectivity index (χ2n) is 2.85. The van der Waals surface area contributed by atoms with Crippen molar-refractivity contribution in [2.24, 2.45) is 0 Å². The summed E-state index contributed by atoms with van der Waals surface area (Å²) in [6.07, 6.45) is 9.68. The van der Waals surface area contributed by atoms with E-state index in [2.05, 4.69) is 44.7 Å². The van der Waals surface area contributed by atoms with E-state index in [0.717, 1.165) is 6.54 Å². The molecule has 0 unspecified atom stereocenters. The van der Waals surface area contributed by atoms with Crippen molar-refractivity contribution in [2.45, 2.75) is 6.42 Å². The van der Waals surface area contributed by atoms with Crippen LogP contribution in [0.2, 0.25) is 0 Å². The van der Waals surface area contributed by atoms with E-state index < -0.39 is 0 Å². The molecule has 0 saturated heterocycles. The van der Waals surface area contributed by atoms with Crippen molar-refractivity contribution < 1.29 is 0 Å². The second kappa shape index (κ2) is 3.97. The second-order valence-corrected chi connectivity index (χ2v) is 2.85. The van der Waals surface area contributed by atoms with Gasteiger partial charge in [-0.05, 0) is 58.7 Å². The first-order valence-corrected chi connectivity index (χ1v) is 3.64. The lowest BCUT2D eigenvalue weighted by atomic mass is 10.0. The van der Waals surface area contributed by atoms with E-state index in [1.165, 1.54) is 12.3 Å². The molecule has 55 valence electrons. The van der Waals surface area contributed by atoms with Crippen LogP contribution in [0.4, 0.5) is 0 Å². The molecule has 1 aliphatic carbocycles. The summed E-state index contributed by atoms with van der Waals surface area (Å²) in [5, 5.41) is 0. The third-order valence-corrected chi connectivity index (χ3v) is 1.58. The van der Waals surface area contributed by atoms with Gasteiger partial charge in [0.2, 0.25) is 0 Å². The van der Waals surface area contributed by atoms with Crippen LogP contribution in [0, 0.1) is 31.6 Å². The van der Waals surface area contributed by atoms with Gasteiger partial charge in [0.05, 0.1) is 0 Å². The van der Waals surface area contributed by atoms with Crippen molar-refractivity contribution in [2.75, 3.05) is 20.6 Å². The predicted octanol–water partition coefficient (Wildman–Crippen LogP) is 1.34. The first-order chi connectivity index (χ1) is 4.79. The van der Waals surface area contributed by atoms with E-state index in [-0.39, 0.29) is 0 Å². The van der Waals surface area contributed by atoms with Gasteiger partial charge in [-0.15, -0.1) is 0 Å². The highest BCUT2D eigenvalue weighted by atomic mass is 15.0. The number of nitrogens with zero attached hydrogens (tertiary/aromatic N) is 1. The number of rotatable bonds is 3. The minimum atomic E-state index is 1.14. The Morgan fingerprint density at radius 2 is 1.80 bits per heavy atom. The minimum Gasteiger partial charge on any atom is -0.309 e. The van der Waals surface area contributed by atoms with Crippen molar-refractivity contribution in [1.82, 2.24) is 4.90 Å². The third-order valence-electron chi connectivity index (χ3n) is 1.58. The molecule has 0 spiro atoms. The highest BCUT2D eigenvalue weighted by Crippen LogP contribution is 2.25. The summed E-state index contributed by atoms with van der Waals surface area (Å²) >= 11 is 0. The molecule has 10 heavy (non-hydrogen) atoms. The van der Waals surface area contributed by atoms with Gasteiger partial charge in [0.25, 0.3) is 0 Å². The van der Waals surface area contributed by atoms with Gasteiger partial charge in [-0.2, -0.15) is 0 Å². The average molecular weight is 136 g/mol. The Balaban J connectivity index is 2.01. The van der Waals surface area contributed by atoms with Gasteiger partial charge in [-0.25, -0.2) is 0 Å². The van der Waals surface area contributed by atoms with Gasteiger partial charge in [-0.1, -0.05) is 0 Å². The molecule has 0 aromatic rings. The summed E-state index contributed by atoms with van der Waals surface area (Å²) in [7, 11) is 4.20. The summed E-state index contributed by atoms with van der Waals surface area (Å²) in [5.41, 5.74) is 0. The van der Waals surface area contributed by atoms with E-state index >= 15 is 0 Å². The van der Waals surface area contributed by atoms with E-state index in [9.17, 15) is 0 Å². The van der Waals surface area contributed by atoms with Crippen LogP contribution in [-0.4, -0.2) is 25.5 Å². The van der Waals surface area contributed by atoms with Crippen molar-refractivity contribution >= 4 is 0 Å². The van der Waals surface area contributed by atoms with Crippen LogP contribution in [0.15, 0.2) is 0 Å². The smallest absolute Gasteiger partial charge is 0.00191 e. The quantitative estimate of drug-likeness (QED) is 0.566. The highest BCUT2D eigenvalue weighted by molar-refractivity contribution is 5.35. The molecule has 1 aliphatic rings. The summed E-state index contributed by atoms with van der Waals surface area (Å²) in [6, 6.07) is 0. The molecule has 5 radical (unpaired) electrons. The lowest BCUT2D eigenvalue weighted by molar-refractivity contribution is 0.408. The molecule has 1 rings (SSSR count). The summed E-state index contributed by atoms with van der Waals surface area (Å²) in [6.45, 7) is 1.14. The summed E-state index contributed by atoms with van der Waals surface area (Å²) in [5.74, 6) is 1.44. The van der Waals surface area contributed by atoms with Crippen molar-refractivity contribution in [1.29, 1.82) is 0 Å². The Labute approximate surface area is 64.4 Å². The monoisotopic (exact) mass is 136 g/mol. The maximum absolute atomic E-state index is 2.20. The van der Waals surface area contributed by atoms with Crippen molar-refractivity contribution in [3.05, 3.63) is 31.6 Å². The maximum Gasteiger partial charge on any atom is -0.00191 e. The Bertz CT molecular complexity index is 82.7. The molecule has 1 heteroatoms. The number of hydrogen-bond donors (Lipinski definition) is 0. The Kier molecular flexibility index (Phi) is 3.20. The van der Waals surface area contributed by atoms with E-state index in [0.29, 0.717) is 0 Å². The molecule has 1 fully saturated rings. The normalized spacial score (nSPS) is 20.7. The molecular weight excluding hydrogens is 122 g/mol. The SMILES string of the molecule is CN(C)CC[C]1[CH][CH][CH][CH]1. The molecule has 0 bridgehead atoms. The van der Waals surface area contributed by atoms with Gasteiger partial charge >= 0.3 is 0 Å². The standard InChI is InChI=1S/C9H14N/c1-10(2)8-7-9-5-3-4-6-9/h3-6H,7-8H2,1-2H3. The number of hydrogen-bond acceptors (Lipinski definition) is 1. The lowest BCUT2D eigenvalue weighted by Gasteiger charge is -2.12. The molecule has 1 nitrogen and oxygen atoms in total.